The Labute approximate surface area is 159 Å². The van der Waals surface area contributed by atoms with Crippen molar-refractivity contribution in [2.45, 2.75) is 33.1 Å². The van der Waals surface area contributed by atoms with Crippen LogP contribution in [0.2, 0.25) is 0 Å². The molecule has 6 nitrogen and oxygen atoms in total. The number of rotatable bonds is 2. The maximum absolute atomic E-state index is 12.7. The monoisotopic (exact) mass is 393 g/mol. The van der Waals surface area contributed by atoms with Crippen LogP contribution < -0.4 is 4.74 Å². The summed E-state index contributed by atoms with van der Waals surface area (Å²) >= 11 is 0. The van der Waals surface area contributed by atoms with E-state index in [4.69, 9.17) is 0 Å². The number of nitrogens with zero attached hydrogens (tertiary/aromatic N) is 3. The Morgan fingerprint density at radius 1 is 1.39 bits per heavy atom. The number of hydrogen-bond donors (Lipinski definition) is 0. The molecular weight excluding hydrogens is 375 g/mol. The highest BCUT2D eigenvalue weighted by Crippen LogP contribution is 2.48. The number of allylic oxidation sites excluding steroid dienone is 1. The second kappa shape index (κ2) is 6.62. The van der Waals surface area contributed by atoms with Gasteiger partial charge in [-0.15, -0.1) is 13.2 Å². The van der Waals surface area contributed by atoms with Crippen molar-refractivity contribution in [2.75, 3.05) is 13.1 Å². The van der Waals surface area contributed by atoms with Gasteiger partial charge in [0.1, 0.15) is 17.5 Å². The smallest absolute Gasteiger partial charge is 0.406 e. The average molecular weight is 393 g/mol. The van der Waals surface area contributed by atoms with Crippen LogP contribution in [0, 0.1) is 22.2 Å². The maximum atomic E-state index is 12.7. The molecule has 9 heteroatoms. The Bertz CT molecular complexity index is 902. The molecule has 1 aliphatic carbocycles. The van der Waals surface area contributed by atoms with Gasteiger partial charge in [0, 0.05) is 36.2 Å². The van der Waals surface area contributed by atoms with Gasteiger partial charge in [-0.2, -0.15) is 5.26 Å². The Morgan fingerprint density at radius 2 is 2.11 bits per heavy atom. The number of likely N-dealkylation sites (tertiary alicyclic amines) is 1. The lowest BCUT2D eigenvalue weighted by molar-refractivity contribution is -0.274. The van der Waals surface area contributed by atoms with Crippen LogP contribution in [0.15, 0.2) is 30.0 Å². The number of ether oxygens (including phenoxy) is 1. The van der Waals surface area contributed by atoms with Crippen LogP contribution in [0.3, 0.4) is 0 Å². The van der Waals surface area contributed by atoms with Crippen molar-refractivity contribution in [3.05, 3.63) is 35.7 Å². The van der Waals surface area contributed by atoms with Crippen LogP contribution in [0.25, 0.3) is 0 Å². The molecule has 1 spiro atoms. The zero-order chi connectivity index (χ0) is 20.7. The first-order chi connectivity index (χ1) is 12.9. The standard InChI is InChI=1S/C19H18F3N3O3/c1-17(2)10-18(8-12(9-23)15(17)26)4-6-25(11-18)16(27)14-7-13(3-5-24-14)28-19(20,21)22/h3,5,7-8H,4,6,10-11H2,1-2H3/t18-/m0/s1. The van der Waals surface area contributed by atoms with Crippen molar-refractivity contribution in [1.29, 1.82) is 5.26 Å². The number of carbonyl (C=O) groups is 2. The van der Waals surface area contributed by atoms with Gasteiger partial charge in [0.25, 0.3) is 5.91 Å². The van der Waals surface area contributed by atoms with Crippen LogP contribution in [0.1, 0.15) is 37.2 Å². The maximum Gasteiger partial charge on any atom is 0.573 e. The molecule has 1 saturated heterocycles. The first-order valence-corrected chi connectivity index (χ1v) is 8.64. The number of alkyl halides is 3. The molecule has 0 N–H and O–H groups in total. The summed E-state index contributed by atoms with van der Waals surface area (Å²) in [4.78, 5) is 30.4. The minimum atomic E-state index is -4.86. The molecule has 1 fully saturated rings. The molecule has 1 aliphatic heterocycles. The van der Waals surface area contributed by atoms with E-state index >= 15 is 0 Å². The normalized spacial score (nSPS) is 24.1. The van der Waals surface area contributed by atoms with E-state index in [1.165, 1.54) is 4.90 Å². The molecule has 2 heterocycles. The summed E-state index contributed by atoms with van der Waals surface area (Å²) < 4.78 is 41.0. The van der Waals surface area contributed by atoms with Crippen LogP contribution in [-0.2, 0) is 4.79 Å². The van der Waals surface area contributed by atoms with Crippen LogP contribution in [0.4, 0.5) is 13.2 Å². The third-order valence-electron chi connectivity index (χ3n) is 5.08. The second-order valence-corrected chi connectivity index (χ2v) is 7.82. The van der Waals surface area contributed by atoms with Gasteiger partial charge in [-0.25, -0.2) is 0 Å². The van der Waals surface area contributed by atoms with Crippen LogP contribution in [-0.4, -0.2) is 41.0 Å². The first-order valence-electron chi connectivity index (χ1n) is 8.64. The summed E-state index contributed by atoms with van der Waals surface area (Å²) in [6, 6.07) is 3.91. The quantitative estimate of drug-likeness (QED) is 0.770. The SMILES string of the molecule is CC1(C)C[C@@]2(C=C(C#N)C1=O)CCN(C(=O)c1cc(OC(F)(F)F)ccn1)C2. The summed E-state index contributed by atoms with van der Waals surface area (Å²) in [7, 11) is 0. The van der Waals surface area contributed by atoms with Gasteiger partial charge in [0.15, 0.2) is 5.78 Å². The highest BCUT2D eigenvalue weighted by atomic mass is 19.4. The van der Waals surface area contributed by atoms with Crippen molar-refractivity contribution in [3.63, 3.8) is 0 Å². The number of hydrogen-bond acceptors (Lipinski definition) is 5. The first kappa shape index (κ1) is 19.9. The van der Waals surface area contributed by atoms with E-state index in [9.17, 15) is 28.0 Å². The Morgan fingerprint density at radius 3 is 2.75 bits per heavy atom. The number of carbonyl (C=O) groups excluding carboxylic acids is 2. The van der Waals surface area contributed by atoms with Crippen molar-refractivity contribution in [2.24, 2.45) is 10.8 Å². The van der Waals surface area contributed by atoms with E-state index in [1.807, 2.05) is 6.07 Å². The molecule has 3 rings (SSSR count). The highest BCUT2D eigenvalue weighted by Gasteiger charge is 2.49. The molecule has 1 aromatic heterocycles. The zero-order valence-electron chi connectivity index (χ0n) is 15.3. The van der Waals surface area contributed by atoms with Gasteiger partial charge < -0.3 is 9.64 Å². The molecule has 0 aromatic carbocycles. The summed E-state index contributed by atoms with van der Waals surface area (Å²) in [5.74, 6) is -1.26. The number of aromatic nitrogens is 1. The number of pyridine rings is 1. The lowest BCUT2D eigenvalue weighted by atomic mass is 9.64. The minimum Gasteiger partial charge on any atom is -0.406 e. The number of ketones is 1. The Kier molecular flexibility index (Phi) is 4.69. The molecule has 148 valence electrons. The number of nitriles is 1. The third-order valence-corrected chi connectivity index (χ3v) is 5.08. The van der Waals surface area contributed by atoms with E-state index in [1.54, 1.807) is 19.9 Å². The number of amides is 1. The van der Waals surface area contributed by atoms with Crippen molar-refractivity contribution < 1.29 is 27.5 Å². The minimum absolute atomic E-state index is 0.0873. The molecule has 1 aromatic rings. The molecule has 2 aliphatic rings. The van der Waals surface area contributed by atoms with E-state index in [0.717, 1.165) is 18.3 Å². The topological polar surface area (TPSA) is 83.3 Å². The fourth-order valence-corrected chi connectivity index (χ4v) is 4.05. The van der Waals surface area contributed by atoms with Gasteiger partial charge in [-0.05, 0) is 18.9 Å². The molecule has 28 heavy (non-hydrogen) atoms. The van der Waals surface area contributed by atoms with E-state index < -0.39 is 28.8 Å². The third kappa shape index (κ3) is 3.86. The Hall–Kier alpha value is -2.89. The lowest BCUT2D eigenvalue weighted by Crippen LogP contribution is -2.40. The largest absolute Gasteiger partial charge is 0.573 e. The van der Waals surface area contributed by atoms with Gasteiger partial charge >= 0.3 is 6.36 Å². The summed E-state index contributed by atoms with van der Waals surface area (Å²) in [5.41, 5.74) is -1.31. The predicted octanol–water partition coefficient (Wildman–Crippen LogP) is 3.26. The molecule has 0 saturated carbocycles. The molecule has 0 bridgehead atoms. The Balaban J connectivity index is 1.82. The van der Waals surface area contributed by atoms with Gasteiger partial charge in [0.2, 0.25) is 0 Å². The van der Waals surface area contributed by atoms with Gasteiger partial charge in [-0.3, -0.25) is 14.6 Å². The van der Waals surface area contributed by atoms with Crippen molar-refractivity contribution >= 4 is 11.7 Å². The van der Waals surface area contributed by atoms with E-state index in [0.29, 0.717) is 19.4 Å². The fraction of sp³-hybridized carbons (Fsp3) is 0.474. The van der Waals surface area contributed by atoms with E-state index in [2.05, 4.69) is 9.72 Å². The summed E-state index contributed by atoms with van der Waals surface area (Å²) in [6.07, 6.45) is -1.10. The molecular formula is C19H18F3N3O3. The zero-order valence-corrected chi connectivity index (χ0v) is 15.3. The van der Waals surface area contributed by atoms with Crippen LogP contribution in [0.5, 0.6) is 5.75 Å². The average Bonchev–Trinajstić information content (AvgIpc) is 2.99. The van der Waals surface area contributed by atoms with Gasteiger partial charge in [-0.1, -0.05) is 19.9 Å². The molecule has 1 amide bonds. The van der Waals surface area contributed by atoms with Crippen molar-refractivity contribution in [1.82, 2.24) is 9.88 Å². The second-order valence-electron chi connectivity index (χ2n) is 7.82. The molecule has 0 unspecified atom stereocenters. The number of Topliss-reactive ketones (excluding diaryl/α,β-unsaturated/α-hetero) is 1. The molecule has 0 radical (unpaired) electrons. The van der Waals surface area contributed by atoms with E-state index in [-0.39, 0.29) is 23.6 Å². The van der Waals surface area contributed by atoms with Gasteiger partial charge in [0.05, 0.1) is 5.57 Å². The van der Waals surface area contributed by atoms with Crippen LogP contribution >= 0.6 is 0 Å². The highest BCUT2D eigenvalue weighted by molar-refractivity contribution is 6.03. The summed E-state index contributed by atoms with van der Waals surface area (Å²) in [5, 5.41) is 9.28. The fourth-order valence-electron chi connectivity index (χ4n) is 4.05. The lowest BCUT2D eigenvalue weighted by Gasteiger charge is -2.38. The van der Waals surface area contributed by atoms with Crippen molar-refractivity contribution in [3.8, 4) is 11.8 Å². The predicted molar refractivity (Wildman–Crippen MR) is 91.0 cm³/mol. The molecule has 1 atom stereocenters. The summed E-state index contributed by atoms with van der Waals surface area (Å²) in [6.45, 7) is 4.15. The number of halogens is 3.